The highest BCUT2D eigenvalue weighted by Gasteiger charge is 2.02. The predicted octanol–water partition coefficient (Wildman–Crippen LogP) is 2.46. The number of methoxy groups -OCH3 is 1. The fourth-order valence-corrected chi connectivity index (χ4v) is 1.33. The van der Waals surface area contributed by atoms with E-state index in [1.165, 1.54) is 0 Å². The van der Waals surface area contributed by atoms with Crippen molar-refractivity contribution in [3.05, 3.63) is 30.7 Å². The van der Waals surface area contributed by atoms with Gasteiger partial charge < -0.3 is 13.9 Å². The van der Waals surface area contributed by atoms with Crippen molar-refractivity contribution in [1.82, 2.24) is 0 Å². The van der Waals surface area contributed by atoms with Crippen molar-refractivity contribution < 1.29 is 13.9 Å². The number of fused-ring (bicyclic) bond motifs is 1. The van der Waals surface area contributed by atoms with E-state index in [2.05, 4.69) is 0 Å². The van der Waals surface area contributed by atoms with Crippen LogP contribution in [0.15, 0.2) is 35.1 Å². The lowest BCUT2D eigenvalue weighted by atomic mass is 10.2. The molecule has 0 amide bonds. The maximum Gasteiger partial charge on any atom is 0.130 e. The summed E-state index contributed by atoms with van der Waals surface area (Å²) in [4.78, 5) is 0. The van der Waals surface area contributed by atoms with E-state index in [-0.39, 0.29) is 0 Å². The number of benzene rings is 1. The van der Waals surface area contributed by atoms with Gasteiger partial charge in [-0.3, -0.25) is 0 Å². The van der Waals surface area contributed by atoms with Gasteiger partial charge in [-0.05, 0) is 6.07 Å². The lowest BCUT2D eigenvalue weighted by molar-refractivity contribution is 0.147. The average molecular weight is 192 g/mol. The molecule has 1 aromatic heterocycles. The molecule has 0 fully saturated rings. The summed E-state index contributed by atoms with van der Waals surface area (Å²) in [5.74, 6) is 0.841. The van der Waals surface area contributed by atoms with E-state index in [1.807, 2.05) is 18.2 Å². The molecule has 0 aliphatic rings. The van der Waals surface area contributed by atoms with Crippen LogP contribution in [0.1, 0.15) is 0 Å². The number of hydrogen-bond donors (Lipinski definition) is 0. The molecular formula is C11H12O3. The number of rotatable bonds is 4. The Labute approximate surface area is 82.2 Å². The topological polar surface area (TPSA) is 31.6 Å². The van der Waals surface area contributed by atoms with E-state index >= 15 is 0 Å². The molecule has 3 heteroatoms. The molecule has 0 saturated heterocycles. The Balaban J connectivity index is 2.19. The van der Waals surface area contributed by atoms with Gasteiger partial charge in [-0.15, -0.1) is 0 Å². The lowest BCUT2D eigenvalue weighted by Gasteiger charge is -2.05. The van der Waals surface area contributed by atoms with Crippen LogP contribution in [0, 0.1) is 0 Å². The molecule has 14 heavy (non-hydrogen) atoms. The van der Waals surface area contributed by atoms with Gasteiger partial charge in [0, 0.05) is 12.5 Å². The van der Waals surface area contributed by atoms with Gasteiger partial charge in [-0.25, -0.2) is 0 Å². The summed E-state index contributed by atoms with van der Waals surface area (Å²) in [6, 6.07) is 5.86. The Morgan fingerprint density at radius 3 is 3.00 bits per heavy atom. The van der Waals surface area contributed by atoms with E-state index in [0.29, 0.717) is 13.2 Å². The maximum atomic E-state index is 5.53. The van der Waals surface area contributed by atoms with Gasteiger partial charge >= 0.3 is 0 Å². The minimum absolute atomic E-state index is 0.556. The second kappa shape index (κ2) is 4.15. The monoisotopic (exact) mass is 192 g/mol. The quantitative estimate of drug-likeness (QED) is 0.697. The predicted molar refractivity (Wildman–Crippen MR) is 53.6 cm³/mol. The molecule has 0 saturated carbocycles. The van der Waals surface area contributed by atoms with Gasteiger partial charge in [0.2, 0.25) is 0 Å². The van der Waals surface area contributed by atoms with Crippen molar-refractivity contribution in [3.8, 4) is 5.75 Å². The largest absolute Gasteiger partial charge is 0.490 e. The average Bonchev–Trinajstić information content (AvgIpc) is 2.67. The summed E-state index contributed by atoms with van der Waals surface area (Å²) in [6.45, 7) is 1.15. The second-order valence-corrected chi connectivity index (χ2v) is 2.97. The van der Waals surface area contributed by atoms with Gasteiger partial charge in [0.1, 0.15) is 18.6 Å². The number of ether oxygens (including phenoxy) is 2. The lowest BCUT2D eigenvalue weighted by Crippen LogP contribution is -2.04. The van der Waals surface area contributed by atoms with Crippen molar-refractivity contribution in [1.29, 1.82) is 0 Å². The zero-order chi connectivity index (χ0) is 9.80. The number of furan rings is 1. The van der Waals surface area contributed by atoms with Crippen LogP contribution in [0.2, 0.25) is 0 Å². The molecule has 3 nitrogen and oxygen atoms in total. The van der Waals surface area contributed by atoms with Gasteiger partial charge in [0.05, 0.1) is 18.3 Å². The highest BCUT2D eigenvalue weighted by atomic mass is 16.5. The summed E-state index contributed by atoms with van der Waals surface area (Å²) in [7, 11) is 1.65. The van der Waals surface area contributed by atoms with E-state index in [0.717, 1.165) is 16.5 Å². The molecule has 0 radical (unpaired) electrons. The highest BCUT2D eigenvalue weighted by Crippen LogP contribution is 2.25. The molecule has 0 spiro atoms. The van der Waals surface area contributed by atoms with Crippen LogP contribution in [0.5, 0.6) is 5.75 Å². The SMILES string of the molecule is COCCOc1cccc2cocc12. The van der Waals surface area contributed by atoms with Gasteiger partial charge in [-0.1, -0.05) is 12.1 Å². The Bertz CT molecular complexity index is 406. The minimum atomic E-state index is 0.556. The summed E-state index contributed by atoms with van der Waals surface area (Å²) >= 11 is 0. The molecule has 2 aromatic rings. The third-order valence-corrected chi connectivity index (χ3v) is 2.03. The van der Waals surface area contributed by atoms with Gasteiger partial charge in [-0.2, -0.15) is 0 Å². The first-order valence-corrected chi connectivity index (χ1v) is 4.48. The van der Waals surface area contributed by atoms with Crippen LogP contribution in [0.4, 0.5) is 0 Å². The van der Waals surface area contributed by atoms with E-state index < -0.39 is 0 Å². The zero-order valence-corrected chi connectivity index (χ0v) is 8.03. The van der Waals surface area contributed by atoms with Crippen LogP contribution in [-0.4, -0.2) is 20.3 Å². The Kier molecular flexibility index (Phi) is 2.70. The van der Waals surface area contributed by atoms with E-state index in [4.69, 9.17) is 13.9 Å². The van der Waals surface area contributed by atoms with Crippen molar-refractivity contribution in [2.75, 3.05) is 20.3 Å². The standard InChI is InChI=1S/C11H12O3/c1-12-5-6-14-11-4-2-3-9-7-13-8-10(9)11/h2-4,7-8H,5-6H2,1H3. The van der Waals surface area contributed by atoms with Crippen molar-refractivity contribution in [2.24, 2.45) is 0 Å². The molecule has 0 N–H and O–H groups in total. The molecule has 74 valence electrons. The fourth-order valence-electron chi connectivity index (χ4n) is 1.33. The number of hydrogen-bond acceptors (Lipinski definition) is 3. The molecule has 0 bridgehead atoms. The summed E-state index contributed by atoms with van der Waals surface area (Å²) < 4.78 is 15.5. The van der Waals surface area contributed by atoms with Gasteiger partial charge in [0.15, 0.2) is 0 Å². The van der Waals surface area contributed by atoms with E-state index in [9.17, 15) is 0 Å². The molecule has 1 aromatic carbocycles. The highest BCUT2D eigenvalue weighted by molar-refractivity contribution is 5.86. The van der Waals surface area contributed by atoms with Crippen LogP contribution < -0.4 is 4.74 Å². The second-order valence-electron chi connectivity index (χ2n) is 2.97. The first-order chi connectivity index (χ1) is 6.92. The molecule has 0 aliphatic carbocycles. The summed E-state index contributed by atoms with van der Waals surface area (Å²) in [5.41, 5.74) is 0. The van der Waals surface area contributed by atoms with Crippen LogP contribution >= 0.6 is 0 Å². The maximum absolute atomic E-state index is 5.53. The Morgan fingerprint density at radius 2 is 2.14 bits per heavy atom. The Hall–Kier alpha value is -1.48. The third kappa shape index (κ3) is 1.72. The normalized spacial score (nSPS) is 10.6. The van der Waals surface area contributed by atoms with Crippen LogP contribution in [-0.2, 0) is 4.74 Å². The first kappa shape index (κ1) is 9.09. The van der Waals surface area contributed by atoms with Gasteiger partial charge in [0.25, 0.3) is 0 Å². The zero-order valence-electron chi connectivity index (χ0n) is 8.03. The summed E-state index contributed by atoms with van der Waals surface area (Å²) in [6.07, 6.45) is 3.40. The smallest absolute Gasteiger partial charge is 0.130 e. The molecule has 0 atom stereocenters. The van der Waals surface area contributed by atoms with Crippen LogP contribution in [0.25, 0.3) is 10.8 Å². The molecule has 0 unspecified atom stereocenters. The van der Waals surface area contributed by atoms with Crippen molar-refractivity contribution in [2.45, 2.75) is 0 Å². The minimum Gasteiger partial charge on any atom is -0.490 e. The fraction of sp³-hybridized carbons (Fsp3) is 0.273. The molecule has 1 heterocycles. The molecule has 0 aliphatic heterocycles. The Morgan fingerprint density at radius 1 is 1.21 bits per heavy atom. The first-order valence-electron chi connectivity index (χ1n) is 4.48. The molecule has 2 rings (SSSR count). The van der Waals surface area contributed by atoms with Crippen molar-refractivity contribution >= 4 is 10.8 Å². The van der Waals surface area contributed by atoms with Crippen molar-refractivity contribution in [3.63, 3.8) is 0 Å². The summed E-state index contributed by atoms with van der Waals surface area (Å²) in [5, 5.41) is 2.06. The van der Waals surface area contributed by atoms with Crippen LogP contribution in [0.3, 0.4) is 0 Å². The van der Waals surface area contributed by atoms with E-state index in [1.54, 1.807) is 19.6 Å². The third-order valence-electron chi connectivity index (χ3n) is 2.03. The molecular weight excluding hydrogens is 180 g/mol.